The van der Waals surface area contributed by atoms with Crippen LogP contribution in [0, 0.1) is 18.7 Å². The molecule has 7 heteroatoms. The molecule has 1 aliphatic rings. The van der Waals surface area contributed by atoms with Gasteiger partial charge in [-0.3, -0.25) is 4.18 Å². The minimum Gasteiger partial charge on any atom is -0.508 e. The van der Waals surface area contributed by atoms with Crippen molar-refractivity contribution >= 4 is 10.1 Å². The first kappa shape index (κ1) is 19.6. The standard InChI is InChI=1S/C20H23FO5S/c1-13-4-6-17(22)12-19(13)27(23,24)25-9-8-15-10-14-11-16(21)5-7-18(14)26-20(15,2)3/h4-7,11-12,15,22H,8-10H2,1-3H3. The summed E-state index contributed by atoms with van der Waals surface area (Å²) in [5.41, 5.74) is 0.739. The third-order valence-electron chi connectivity index (χ3n) is 4.99. The maximum absolute atomic E-state index is 13.5. The highest BCUT2D eigenvalue weighted by molar-refractivity contribution is 7.86. The van der Waals surface area contributed by atoms with Crippen molar-refractivity contribution in [3.05, 3.63) is 53.3 Å². The number of hydrogen-bond acceptors (Lipinski definition) is 5. The van der Waals surface area contributed by atoms with Crippen LogP contribution in [0.25, 0.3) is 0 Å². The molecule has 0 fully saturated rings. The Morgan fingerprint density at radius 1 is 1.26 bits per heavy atom. The Morgan fingerprint density at radius 2 is 2.00 bits per heavy atom. The zero-order valence-corrected chi connectivity index (χ0v) is 16.3. The summed E-state index contributed by atoms with van der Waals surface area (Å²) in [5.74, 6) is 0.158. The summed E-state index contributed by atoms with van der Waals surface area (Å²) in [6.45, 7) is 5.47. The van der Waals surface area contributed by atoms with Crippen molar-refractivity contribution < 1.29 is 26.8 Å². The highest BCUT2D eigenvalue weighted by atomic mass is 32.2. The lowest BCUT2D eigenvalue weighted by molar-refractivity contribution is 0.0169. The average molecular weight is 394 g/mol. The van der Waals surface area contributed by atoms with Crippen molar-refractivity contribution in [1.29, 1.82) is 0 Å². The molecule has 2 aromatic carbocycles. The summed E-state index contributed by atoms with van der Waals surface area (Å²) >= 11 is 0. The fourth-order valence-corrected chi connectivity index (χ4v) is 4.53. The molecule has 1 N–H and O–H groups in total. The first-order valence-electron chi connectivity index (χ1n) is 8.75. The van der Waals surface area contributed by atoms with Gasteiger partial charge in [-0.25, -0.2) is 4.39 Å². The van der Waals surface area contributed by atoms with Crippen molar-refractivity contribution in [3.8, 4) is 11.5 Å². The second-order valence-corrected chi connectivity index (χ2v) is 8.96. The molecule has 1 heterocycles. The van der Waals surface area contributed by atoms with E-state index in [1.165, 1.54) is 30.3 Å². The quantitative estimate of drug-likeness (QED) is 0.777. The van der Waals surface area contributed by atoms with Gasteiger partial charge in [0.05, 0.1) is 6.61 Å². The maximum Gasteiger partial charge on any atom is 0.297 e. The normalized spacial score (nSPS) is 18.6. The predicted molar refractivity (Wildman–Crippen MR) is 98.9 cm³/mol. The van der Waals surface area contributed by atoms with Gasteiger partial charge >= 0.3 is 0 Å². The number of phenolic OH excluding ortho intramolecular Hbond substituents is 1. The fourth-order valence-electron chi connectivity index (χ4n) is 3.36. The largest absolute Gasteiger partial charge is 0.508 e. The maximum atomic E-state index is 13.5. The number of fused-ring (bicyclic) bond motifs is 1. The molecular formula is C20H23FO5S. The molecule has 1 unspecified atom stereocenters. The zero-order valence-electron chi connectivity index (χ0n) is 15.5. The molecule has 0 bridgehead atoms. The third kappa shape index (κ3) is 4.25. The van der Waals surface area contributed by atoms with E-state index >= 15 is 0 Å². The zero-order chi connectivity index (χ0) is 19.8. The summed E-state index contributed by atoms with van der Waals surface area (Å²) in [6.07, 6.45) is 1.01. The van der Waals surface area contributed by atoms with Crippen LogP contribution < -0.4 is 4.74 Å². The van der Waals surface area contributed by atoms with E-state index in [0.29, 0.717) is 24.2 Å². The van der Waals surface area contributed by atoms with Gasteiger partial charge in [-0.2, -0.15) is 8.42 Å². The molecular weight excluding hydrogens is 371 g/mol. The first-order chi connectivity index (χ1) is 12.6. The van der Waals surface area contributed by atoms with Gasteiger partial charge in [0.1, 0.15) is 27.8 Å². The minimum atomic E-state index is -3.98. The third-order valence-corrected chi connectivity index (χ3v) is 6.45. The molecule has 0 aromatic heterocycles. The molecule has 3 rings (SSSR count). The van der Waals surface area contributed by atoms with Crippen molar-refractivity contribution in [1.82, 2.24) is 0 Å². The van der Waals surface area contributed by atoms with Crippen molar-refractivity contribution in [2.75, 3.05) is 6.61 Å². The van der Waals surface area contributed by atoms with Gasteiger partial charge in [-0.15, -0.1) is 0 Å². The lowest BCUT2D eigenvalue weighted by Crippen LogP contribution is -2.42. The summed E-state index contributed by atoms with van der Waals surface area (Å²) in [7, 11) is -3.98. The van der Waals surface area contributed by atoms with Crippen molar-refractivity contribution in [2.24, 2.45) is 5.92 Å². The molecule has 0 spiro atoms. The second kappa shape index (κ2) is 7.13. The molecule has 0 aliphatic carbocycles. The van der Waals surface area contributed by atoms with E-state index < -0.39 is 15.7 Å². The molecule has 2 aromatic rings. The van der Waals surface area contributed by atoms with Crippen LogP contribution in [0.3, 0.4) is 0 Å². The number of hydrogen-bond donors (Lipinski definition) is 1. The number of ether oxygens (including phenoxy) is 1. The summed E-state index contributed by atoms with van der Waals surface area (Å²) in [6, 6.07) is 8.56. The molecule has 5 nitrogen and oxygen atoms in total. The lowest BCUT2D eigenvalue weighted by Gasteiger charge is -2.40. The Balaban J connectivity index is 1.70. The Labute approximate surface area is 158 Å². The first-order valence-corrected chi connectivity index (χ1v) is 10.2. The van der Waals surface area contributed by atoms with E-state index in [4.69, 9.17) is 8.92 Å². The number of phenols is 1. The van der Waals surface area contributed by atoms with Crippen LogP contribution in [0.4, 0.5) is 4.39 Å². The predicted octanol–water partition coefficient (Wildman–Crippen LogP) is 3.97. The van der Waals surface area contributed by atoms with E-state index in [-0.39, 0.29) is 29.0 Å². The highest BCUT2D eigenvalue weighted by Crippen LogP contribution is 2.39. The van der Waals surface area contributed by atoms with Gasteiger partial charge < -0.3 is 9.84 Å². The molecule has 0 radical (unpaired) electrons. The molecule has 0 saturated carbocycles. The van der Waals surface area contributed by atoms with Crippen molar-refractivity contribution in [3.63, 3.8) is 0 Å². The van der Waals surface area contributed by atoms with Gasteiger partial charge in [-0.05, 0) is 69.0 Å². The highest BCUT2D eigenvalue weighted by Gasteiger charge is 2.37. The molecule has 146 valence electrons. The van der Waals surface area contributed by atoms with Crippen LogP contribution in [0.1, 0.15) is 31.4 Å². The smallest absolute Gasteiger partial charge is 0.297 e. The van der Waals surface area contributed by atoms with Gasteiger partial charge in [0.15, 0.2) is 0 Å². The Kier molecular flexibility index (Phi) is 5.18. The van der Waals surface area contributed by atoms with Crippen LogP contribution in [-0.4, -0.2) is 25.7 Å². The van der Waals surface area contributed by atoms with Gasteiger partial charge in [0, 0.05) is 12.0 Å². The Bertz CT molecular complexity index is 953. The van der Waals surface area contributed by atoms with E-state index in [2.05, 4.69) is 0 Å². The van der Waals surface area contributed by atoms with Crippen LogP contribution in [0.15, 0.2) is 41.3 Å². The number of aryl methyl sites for hydroxylation is 1. The number of benzene rings is 2. The van der Waals surface area contributed by atoms with Crippen LogP contribution in [0.2, 0.25) is 0 Å². The van der Waals surface area contributed by atoms with E-state index in [9.17, 15) is 17.9 Å². The minimum absolute atomic E-state index is 0.0282. The van der Waals surface area contributed by atoms with Gasteiger partial charge in [0.2, 0.25) is 0 Å². The summed E-state index contributed by atoms with van der Waals surface area (Å²) in [4.78, 5) is -0.0472. The van der Waals surface area contributed by atoms with Crippen LogP contribution in [0.5, 0.6) is 11.5 Å². The number of halogens is 1. The molecule has 0 amide bonds. The van der Waals surface area contributed by atoms with E-state index in [1.54, 1.807) is 13.0 Å². The summed E-state index contributed by atoms with van der Waals surface area (Å²) in [5, 5.41) is 9.55. The number of rotatable bonds is 5. The lowest BCUT2D eigenvalue weighted by atomic mass is 9.80. The van der Waals surface area contributed by atoms with Crippen molar-refractivity contribution in [2.45, 2.75) is 44.1 Å². The molecule has 0 saturated heterocycles. The van der Waals surface area contributed by atoms with Gasteiger partial charge in [-0.1, -0.05) is 6.07 Å². The SMILES string of the molecule is Cc1ccc(O)cc1S(=O)(=O)OCCC1Cc2cc(F)ccc2OC1(C)C. The Hall–Kier alpha value is -2.12. The number of aromatic hydroxyl groups is 1. The fraction of sp³-hybridized carbons (Fsp3) is 0.400. The average Bonchev–Trinajstić information content (AvgIpc) is 2.57. The topological polar surface area (TPSA) is 72.8 Å². The second-order valence-electron chi connectivity index (χ2n) is 7.37. The van der Waals surface area contributed by atoms with Crippen LogP contribution >= 0.6 is 0 Å². The van der Waals surface area contributed by atoms with Crippen LogP contribution in [-0.2, 0) is 20.7 Å². The van der Waals surface area contributed by atoms with E-state index in [0.717, 1.165) is 5.56 Å². The van der Waals surface area contributed by atoms with Gasteiger partial charge in [0.25, 0.3) is 10.1 Å². The summed E-state index contributed by atoms with van der Waals surface area (Å²) < 4.78 is 49.5. The van der Waals surface area contributed by atoms with E-state index in [1.807, 2.05) is 13.8 Å². The molecule has 1 aliphatic heterocycles. The molecule has 27 heavy (non-hydrogen) atoms. The molecule has 1 atom stereocenters. The Morgan fingerprint density at radius 3 is 2.74 bits per heavy atom. The monoisotopic (exact) mass is 394 g/mol.